The molecule has 3 rings (SSSR count). The van der Waals surface area contributed by atoms with E-state index in [9.17, 15) is 4.79 Å². The van der Waals surface area contributed by atoms with E-state index in [1.165, 1.54) is 45.6 Å². The molecule has 0 unspecified atom stereocenters. The normalized spacial score (nSPS) is 33.9. The first kappa shape index (κ1) is 14.1. The zero-order valence-corrected chi connectivity index (χ0v) is 13.9. The van der Waals surface area contributed by atoms with Gasteiger partial charge in [0.05, 0.1) is 0 Å². The van der Waals surface area contributed by atoms with Crippen LogP contribution in [0.25, 0.3) is 0 Å². The number of hydrogen-bond acceptors (Lipinski definition) is 3. The lowest BCUT2D eigenvalue weighted by atomic mass is 9.96. The molecule has 0 aromatic heterocycles. The topological polar surface area (TPSA) is 26.8 Å². The van der Waals surface area contributed by atoms with Crippen molar-refractivity contribution in [3.8, 4) is 0 Å². The molecule has 0 spiro atoms. The van der Waals surface area contributed by atoms with Gasteiger partial charge >= 0.3 is 0 Å². The maximum atomic E-state index is 11.3. The highest BCUT2D eigenvalue weighted by Gasteiger charge is 2.39. The van der Waals surface area contributed by atoms with Gasteiger partial charge in [0, 0.05) is 75.6 Å². The zero-order valence-electron chi connectivity index (χ0n) is 11.7. The second-order valence-electron chi connectivity index (χ2n) is 6.52. The SMILES string of the molecule is CC(=O)N1CCC(CN2C[C@H]3CN(I)C[C@H]3C2)CC1. The Bertz CT molecular complexity index is 330. The van der Waals surface area contributed by atoms with E-state index in [-0.39, 0.29) is 5.91 Å². The minimum absolute atomic E-state index is 0.247. The number of amides is 1. The summed E-state index contributed by atoms with van der Waals surface area (Å²) < 4.78 is 2.45. The monoisotopic (exact) mass is 377 g/mol. The Hall–Kier alpha value is 0.120. The summed E-state index contributed by atoms with van der Waals surface area (Å²) in [6.07, 6.45) is 2.40. The van der Waals surface area contributed by atoms with Gasteiger partial charge in [0.2, 0.25) is 5.91 Å². The van der Waals surface area contributed by atoms with Crippen LogP contribution in [0.2, 0.25) is 0 Å². The van der Waals surface area contributed by atoms with Gasteiger partial charge in [0.15, 0.2) is 0 Å². The first-order valence-corrected chi connectivity index (χ1v) is 8.47. The minimum Gasteiger partial charge on any atom is -0.343 e. The van der Waals surface area contributed by atoms with Crippen molar-refractivity contribution in [2.45, 2.75) is 19.8 Å². The van der Waals surface area contributed by atoms with Gasteiger partial charge in [-0.1, -0.05) is 0 Å². The van der Waals surface area contributed by atoms with Gasteiger partial charge in [-0.25, -0.2) is 3.11 Å². The quantitative estimate of drug-likeness (QED) is 0.539. The number of halogens is 1. The van der Waals surface area contributed by atoms with Gasteiger partial charge in [-0.05, 0) is 30.6 Å². The molecular weight excluding hydrogens is 353 g/mol. The Balaban J connectivity index is 1.43. The van der Waals surface area contributed by atoms with Crippen LogP contribution in [0, 0.1) is 17.8 Å². The molecule has 3 aliphatic rings. The average molecular weight is 377 g/mol. The van der Waals surface area contributed by atoms with Crippen molar-refractivity contribution in [1.82, 2.24) is 12.9 Å². The Morgan fingerprint density at radius 1 is 1.11 bits per heavy atom. The van der Waals surface area contributed by atoms with Crippen LogP contribution < -0.4 is 0 Å². The zero-order chi connectivity index (χ0) is 13.4. The van der Waals surface area contributed by atoms with Gasteiger partial charge in [-0.3, -0.25) is 4.79 Å². The standard InChI is InChI=1S/C14H24IN3O/c1-11(19)17-4-2-12(3-5-17)6-16-7-13-9-18(15)10-14(13)8-16/h12-14H,2-10H2,1H3/t13-,14+. The van der Waals surface area contributed by atoms with E-state index in [2.05, 4.69) is 30.9 Å². The highest BCUT2D eigenvalue weighted by molar-refractivity contribution is 14.1. The Kier molecular flexibility index (Phi) is 4.34. The lowest BCUT2D eigenvalue weighted by Gasteiger charge is -2.33. The summed E-state index contributed by atoms with van der Waals surface area (Å²) in [5, 5.41) is 0. The summed E-state index contributed by atoms with van der Waals surface area (Å²) in [6.45, 7) is 10.1. The van der Waals surface area contributed by atoms with Crippen LogP contribution in [0.1, 0.15) is 19.8 Å². The van der Waals surface area contributed by atoms with Crippen LogP contribution in [-0.4, -0.2) is 64.6 Å². The van der Waals surface area contributed by atoms with Crippen LogP contribution in [0.5, 0.6) is 0 Å². The predicted molar refractivity (Wildman–Crippen MR) is 84.0 cm³/mol. The predicted octanol–water partition coefficient (Wildman–Crippen LogP) is 1.46. The third-order valence-corrected chi connectivity index (χ3v) is 5.88. The van der Waals surface area contributed by atoms with Crippen LogP contribution in [0.3, 0.4) is 0 Å². The van der Waals surface area contributed by atoms with Crippen LogP contribution in [0.15, 0.2) is 0 Å². The van der Waals surface area contributed by atoms with Crippen molar-refractivity contribution < 1.29 is 4.79 Å². The van der Waals surface area contributed by atoms with E-state index in [1.54, 1.807) is 6.92 Å². The highest BCUT2D eigenvalue weighted by atomic mass is 127. The van der Waals surface area contributed by atoms with E-state index >= 15 is 0 Å². The van der Waals surface area contributed by atoms with E-state index in [4.69, 9.17) is 0 Å². The van der Waals surface area contributed by atoms with E-state index in [0.29, 0.717) is 0 Å². The average Bonchev–Trinajstić information content (AvgIpc) is 2.86. The fourth-order valence-electron chi connectivity index (χ4n) is 3.98. The van der Waals surface area contributed by atoms with Crippen LogP contribution in [-0.2, 0) is 4.79 Å². The van der Waals surface area contributed by atoms with Gasteiger partial charge in [0.1, 0.15) is 0 Å². The third kappa shape index (κ3) is 3.24. The van der Waals surface area contributed by atoms with Crippen molar-refractivity contribution >= 4 is 28.8 Å². The second-order valence-corrected chi connectivity index (χ2v) is 7.88. The molecule has 0 aromatic carbocycles. The molecule has 0 bridgehead atoms. The summed E-state index contributed by atoms with van der Waals surface area (Å²) in [4.78, 5) is 16.0. The lowest BCUT2D eigenvalue weighted by Crippen LogP contribution is -2.40. The molecule has 0 saturated carbocycles. The van der Waals surface area contributed by atoms with E-state index in [0.717, 1.165) is 30.8 Å². The van der Waals surface area contributed by atoms with Crippen molar-refractivity contribution in [3.05, 3.63) is 0 Å². The Morgan fingerprint density at radius 3 is 2.21 bits per heavy atom. The van der Waals surface area contributed by atoms with Gasteiger partial charge in [-0.2, -0.15) is 0 Å². The van der Waals surface area contributed by atoms with Gasteiger partial charge in [-0.15, -0.1) is 0 Å². The summed E-state index contributed by atoms with van der Waals surface area (Å²) >= 11 is 2.47. The number of rotatable bonds is 2. The Morgan fingerprint density at radius 2 is 1.68 bits per heavy atom. The fourth-order valence-corrected chi connectivity index (χ4v) is 4.99. The molecule has 3 aliphatic heterocycles. The molecule has 108 valence electrons. The first-order valence-electron chi connectivity index (χ1n) is 7.50. The summed E-state index contributed by atoms with van der Waals surface area (Å²) in [5.41, 5.74) is 0. The summed E-state index contributed by atoms with van der Waals surface area (Å²) in [5.74, 6) is 2.88. The van der Waals surface area contributed by atoms with Gasteiger partial charge < -0.3 is 9.80 Å². The molecule has 2 atom stereocenters. The third-order valence-electron chi connectivity index (χ3n) is 5.09. The molecule has 5 heteroatoms. The maximum Gasteiger partial charge on any atom is 0.219 e. The van der Waals surface area contributed by atoms with Crippen molar-refractivity contribution in [3.63, 3.8) is 0 Å². The lowest BCUT2D eigenvalue weighted by molar-refractivity contribution is -0.130. The molecule has 3 fully saturated rings. The second kappa shape index (κ2) is 5.85. The molecule has 3 saturated heterocycles. The number of nitrogens with zero attached hydrogens (tertiary/aromatic N) is 3. The molecule has 0 aromatic rings. The number of piperidine rings is 1. The fraction of sp³-hybridized carbons (Fsp3) is 0.929. The molecule has 3 heterocycles. The van der Waals surface area contributed by atoms with Gasteiger partial charge in [0.25, 0.3) is 0 Å². The van der Waals surface area contributed by atoms with Crippen molar-refractivity contribution in [2.24, 2.45) is 17.8 Å². The minimum atomic E-state index is 0.247. The molecule has 0 N–H and O–H groups in total. The first-order chi connectivity index (χ1) is 9.11. The van der Waals surface area contributed by atoms with Crippen molar-refractivity contribution in [2.75, 3.05) is 45.8 Å². The van der Waals surface area contributed by atoms with Crippen LogP contribution in [0.4, 0.5) is 0 Å². The van der Waals surface area contributed by atoms with E-state index in [1.807, 2.05) is 4.90 Å². The number of likely N-dealkylation sites (tertiary alicyclic amines) is 2. The van der Waals surface area contributed by atoms with E-state index < -0.39 is 0 Å². The van der Waals surface area contributed by atoms with Crippen molar-refractivity contribution in [1.29, 1.82) is 0 Å². The number of carbonyl (C=O) groups is 1. The maximum absolute atomic E-state index is 11.3. The number of carbonyl (C=O) groups excluding carboxylic acids is 1. The molecular formula is C14H24IN3O. The number of hydrogen-bond donors (Lipinski definition) is 0. The number of fused-ring (bicyclic) bond motifs is 1. The largest absolute Gasteiger partial charge is 0.343 e. The summed E-state index contributed by atoms with van der Waals surface area (Å²) in [7, 11) is 0. The summed E-state index contributed by atoms with van der Waals surface area (Å²) in [6, 6.07) is 0. The smallest absolute Gasteiger partial charge is 0.219 e. The molecule has 1 amide bonds. The molecule has 0 radical (unpaired) electrons. The Labute approximate surface area is 130 Å². The molecule has 0 aliphatic carbocycles. The van der Waals surface area contributed by atoms with Crippen LogP contribution >= 0.6 is 22.9 Å². The molecule has 19 heavy (non-hydrogen) atoms. The molecule has 4 nitrogen and oxygen atoms in total. The highest BCUT2D eigenvalue weighted by Crippen LogP contribution is 2.33.